The molecule has 0 amide bonds. The van der Waals surface area contributed by atoms with Crippen LogP contribution in [0.1, 0.15) is 31.2 Å². The van der Waals surface area contributed by atoms with Crippen LogP contribution in [0.2, 0.25) is 0 Å². The van der Waals surface area contributed by atoms with Crippen molar-refractivity contribution >= 4 is 0 Å². The van der Waals surface area contributed by atoms with Gasteiger partial charge < -0.3 is 10.1 Å². The molecular formula is C17H24F2N2O. The Kier molecular flexibility index (Phi) is 5.26. The number of piperidine rings is 1. The van der Waals surface area contributed by atoms with Crippen LogP contribution in [0.3, 0.4) is 0 Å². The lowest BCUT2D eigenvalue weighted by Crippen LogP contribution is -2.42. The molecule has 5 heteroatoms. The number of alkyl halides is 2. The first kappa shape index (κ1) is 15.7. The van der Waals surface area contributed by atoms with Gasteiger partial charge in [0.15, 0.2) is 0 Å². The summed E-state index contributed by atoms with van der Waals surface area (Å²) in [6.45, 7) is 1.09. The number of ether oxygens (including phenoxy) is 1. The number of para-hydroxylation sites is 1. The number of benzene rings is 1. The monoisotopic (exact) mass is 310 g/mol. The van der Waals surface area contributed by atoms with E-state index in [4.69, 9.17) is 0 Å². The van der Waals surface area contributed by atoms with Gasteiger partial charge in [0.1, 0.15) is 5.75 Å². The van der Waals surface area contributed by atoms with Gasteiger partial charge in [-0.05, 0) is 57.3 Å². The molecule has 0 aromatic heterocycles. The van der Waals surface area contributed by atoms with Crippen molar-refractivity contribution in [3.63, 3.8) is 0 Å². The van der Waals surface area contributed by atoms with E-state index in [9.17, 15) is 8.78 Å². The molecule has 0 radical (unpaired) electrons. The maximum Gasteiger partial charge on any atom is 0.387 e. The predicted molar refractivity (Wildman–Crippen MR) is 82.1 cm³/mol. The Morgan fingerprint density at radius 2 is 1.86 bits per heavy atom. The van der Waals surface area contributed by atoms with E-state index in [1.807, 2.05) is 12.1 Å². The average molecular weight is 310 g/mol. The molecule has 1 N–H and O–H groups in total. The van der Waals surface area contributed by atoms with Gasteiger partial charge in [-0.1, -0.05) is 18.2 Å². The van der Waals surface area contributed by atoms with E-state index in [0.717, 1.165) is 44.0 Å². The van der Waals surface area contributed by atoms with Crippen molar-refractivity contribution in [3.8, 4) is 5.75 Å². The van der Waals surface area contributed by atoms with Gasteiger partial charge in [-0.2, -0.15) is 8.78 Å². The first-order valence-electron chi connectivity index (χ1n) is 8.19. The molecule has 1 aromatic rings. The number of hydrogen-bond donors (Lipinski definition) is 1. The number of rotatable bonds is 7. The Hall–Kier alpha value is -1.20. The van der Waals surface area contributed by atoms with Crippen LogP contribution in [0.15, 0.2) is 24.3 Å². The summed E-state index contributed by atoms with van der Waals surface area (Å²) in [6.07, 6.45) is 5.02. The van der Waals surface area contributed by atoms with Crippen molar-refractivity contribution in [1.82, 2.24) is 10.2 Å². The average Bonchev–Trinajstić information content (AvgIpc) is 3.32. The first-order chi connectivity index (χ1) is 10.7. The maximum atomic E-state index is 12.4. The summed E-state index contributed by atoms with van der Waals surface area (Å²) in [4.78, 5) is 2.32. The summed E-state index contributed by atoms with van der Waals surface area (Å²) in [7, 11) is 0. The Morgan fingerprint density at radius 1 is 1.14 bits per heavy atom. The Morgan fingerprint density at radius 3 is 2.55 bits per heavy atom. The summed E-state index contributed by atoms with van der Waals surface area (Å²) in [5.74, 6) is 1.21. The molecule has 2 aliphatic rings. The van der Waals surface area contributed by atoms with Crippen LogP contribution in [-0.4, -0.2) is 37.2 Å². The fourth-order valence-electron chi connectivity index (χ4n) is 3.04. The fraction of sp³-hybridized carbons (Fsp3) is 0.647. The molecule has 1 aromatic carbocycles. The van der Waals surface area contributed by atoms with Crippen LogP contribution >= 0.6 is 0 Å². The van der Waals surface area contributed by atoms with Crippen LogP contribution in [-0.2, 0) is 6.54 Å². The smallest absolute Gasteiger partial charge is 0.387 e. The Bertz CT molecular complexity index is 471. The van der Waals surface area contributed by atoms with Crippen LogP contribution in [0.5, 0.6) is 5.75 Å². The molecule has 3 rings (SSSR count). The lowest BCUT2D eigenvalue weighted by molar-refractivity contribution is -0.0508. The zero-order valence-electron chi connectivity index (χ0n) is 12.8. The van der Waals surface area contributed by atoms with Gasteiger partial charge in [-0.25, -0.2) is 0 Å². The van der Waals surface area contributed by atoms with Crippen LogP contribution < -0.4 is 10.1 Å². The van der Waals surface area contributed by atoms with E-state index in [0.29, 0.717) is 18.3 Å². The van der Waals surface area contributed by atoms with E-state index in [1.165, 1.54) is 12.8 Å². The number of hydrogen-bond acceptors (Lipinski definition) is 3. The third-order valence-electron chi connectivity index (χ3n) is 4.56. The summed E-state index contributed by atoms with van der Waals surface area (Å²) in [5, 5.41) is 3.65. The molecule has 1 saturated carbocycles. The molecule has 0 unspecified atom stereocenters. The van der Waals surface area contributed by atoms with E-state index in [-0.39, 0.29) is 0 Å². The summed E-state index contributed by atoms with van der Waals surface area (Å²) < 4.78 is 29.5. The van der Waals surface area contributed by atoms with Gasteiger partial charge in [-0.15, -0.1) is 0 Å². The Labute approximate surface area is 130 Å². The fourth-order valence-corrected chi connectivity index (χ4v) is 3.04. The molecule has 0 spiro atoms. The first-order valence-corrected chi connectivity index (χ1v) is 8.19. The summed E-state index contributed by atoms with van der Waals surface area (Å²) in [5.41, 5.74) is 0.840. The highest BCUT2D eigenvalue weighted by molar-refractivity contribution is 5.33. The van der Waals surface area contributed by atoms with Gasteiger partial charge in [0.05, 0.1) is 0 Å². The molecule has 2 fully saturated rings. The summed E-state index contributed by atoms with van der Waals surface area (Å²) >= 11 is 0. The highest BCUT2D eigenvalue weighted by atomic mass is 19.3. The molecule has 0 atom stereocenters. The molecule has 1 saturated heterocycles. The minimum absolute atomic E-state index is 0.298. The third-order valence-corrected chi connectivity index (χ3v) is 4.56. The second kappa shape index (κ2) is 7.38. The minimum atomic E-state index is -2.77. The van der Waals surface area contributed by atoms with Gasteiger partial charge in [0.25, 0.3) is 0 Å². The van der Waals surface area contributed by atoms with Gasteiger partial charge in [0, 0.05) is 18.2 Å². The number of likely N-dealkylation sites (tertiary alicyclic amines) is 1. The quantitative estimate of drug-likeness (QED) is 0.836. The minimum Gasteiger partial charge on any atom is -0.434 e. The van der Waals surface area contributed by atoms with Crippen molar-refractivity contribution in [1.29, 1.82) is 0 Å². The zero-order chi connectivity index (χ0) is 15.4. The molecule has 1 aliphatic heterocycles. The molecule has 0 bridgehead atoms. The highest BCUT2D eigenvalue weighted by Crippen LogP contribution is 2.28. The van der Waals surface area contributed by atoms with Crippen molar-refractivity contribution in [2.45, 2.75) is 44.9 Å². The molecule has 22 heavy (non-hydrogen) atoms. The standard InChI is InChI=1S/C17H24F2N2O/c18-17(19)22-16-4-2-1-3-14(16)12-21-9-7-15(8-10-21)20-11-13-5-6-13/h1-4,13,15,17,20H,5-12H2. The number of nitrogens with zero attached hydrogens (tertiary/aromatic N) is 1. The molecule has 122 valence electrons. The molecular weight excluding hydrogens is 286 g/mol. The maximum absolute atomic E-state index is 12.4. The van der Waals surface area contributed by atoms with Crippen molar-refractivity contribution in [2.75, 3.05) is 19.6 Å². The Balaban J connectivity index is 1.47. The zero-order valence-corrected chi connectivity index (χ0v) is 12.8. The number of halogens is 2. The van der Waals surface area contributed by atoms with E-state index < -0.39 is 6.61 Å². The van der Waals surface area contributed by atoms with E-state index in [1.54, 1.807) is 12.1 Å². The predicted octanol–water partition coefficient (Wildman–Crippen LogP) is 3.25. The lowest BCUT2D eigenvalue weighted by Gasteiger charge is -2.32. The lowest BCUT2D eigenvalue weighted by atomic mass is 10.0. The van der Waals surface area contributed by atoms with Crippen molar-refractivity contribution in [2.24, 2.45) is 5.92 Å². The summed E-state index contributed by atoms with van der Waals surface area (Å²) in [6, 6.07) is 7.71. The molecule has 1 aliphatic carbocycles. The van der Waals surface area contributed by atoms with Crippen molar-refractivity contribution < 1.29 is 13.5 Å². The molecule has 3 nitrogen and oxygen atoms in total. The number of nitrogens with one attached hydrogen (secondary N) is 1. The van der Waals surface area contributed by atoms with Gasteiger partial charge in [0.2, 0.25) is 0 Å². The van der Waals surface area contributed by atoms with Crippen LogP contribution in [0.4, 0.5) is 8.78 Å². The van der Waals surface area contributed by atoms with E-state index >= 15 is 0 Å². The van der Waals surface area contributed by atoms with Crippen molar-refractivity contribution in [3.05, 3.63) is 29.8 Å². The normalized spacial score (nSPS) is 20.5. The topological polar surface area (TPSA) is 24.5 Å². The van der Waals surface area contributed by atoms with Crippen LogP contribution in [0, 0.1) is 5.92 Å². The van der Waals surface area contributed by atoms with Gasteiger partial charge >= 0.3 is 6.61 Å². The molecule has 1 heterocycles. The second-order valence-electron chi connectivity index (χ2n) is 6.39. The SMILES string of the molecule is FC(F)Oc1ccccc1CN1CCC(NCC2CC2)CC1. The van der Waals surface area contributed by atoms with Gasteiger partial charge in [-0.3, -0.25) is 4.90 Å². The van der Waals surface area contributed by atoms with E-state index in [2.05, 4.69) is 15.0 Å². The largest absolute Gasteiger partial charge is 0.434 e. The highest BCUT2D eigenvalue weighted by Gasteiger charge is 2.24. The van der Waals surface area contributed by atoms with Crippen LogP contribution in [0.25, 0.3) is 0 Å². The second-order valence-corrected chi connectivity index (χ2v) is 6.39. The third kappa shape index (κ3) is 4.65.